The fourth-order valence-electron chi connectivity index (χ4n) is 3.96. The number of nitrogens with zero attached hydrogens (tertiary/aromatic N) is 3. The lowest BCUT2D eigenvalue weighted by atomic mass is 9.99. The second-order valence-electron chi connectivity index (χ2n) is 7.86. The van der Waals surface area contributed by atoms with Gasteiger partial charge in [-0.05, 0) is 37.5 Å². The van der Waals surface area contributed by atoms with Crippen LogP contribution in [0.4, 0.5) is 4.79 Å². The van der Waals surface area contributed by atoms with Gasteiger partial charge in [-0.1, -0.05) is 12.1 Å². The third-order valence-corrected chi connectivity index (χ3v) is 7.77. The van der Waals surface area contributed by atoms with E-state index in [2.05, 4.69) is 5.32 Å². The molecule has 2 aliphatic heterocycles. The van der Waals surface area contributed by atoms with E-state index in [1.807, 2.05) is 24.3 Å². The van der Waals surface area contributed by atoms with Crippen LogP contribution in [0.15, 0.2) is 24.3 Å². The molecule has 0 aromatic heterocycles. The van der Waals surface area contributed by atoms with E-state index in [4.69, 9.17) is 9.47 Å². The molecule has 2 aliphatic rings. The largest absolute Gasteiger partial charge is 0.497 e. The number of rotatable bonds is 7. The molecule has 2 saturated heterocycles. The predicted octanol–water partition coefficient (Wildman–Crippen LogP) is 1.04. The van der Waals surface area contributed by atoms with Crippen LogP contribution in [-0.4, -0.2) is 86.9 Å². The molecule has 0 aliphatic carbocycles. The van der Waals surface area contributed by atoms with E-state index >= 15 is 0 Å². The van der Waals surface area contributed by atoms with Gasteiger partial charge in [-0.15, -0.1) is 0 Å². The molecule has 2 fully saturated rings. The molecule has 0 bridgehead atoms. The van der Waals surface area contributed by atoms with E-state index in [1.54, 1.807) is 14.0 Å². The number of carbonyl (C=O) groups is 2. The molecule has 2 heterocycles. The average Bonchev–Trinajstić information content (AvgIpc) is 2.83. The molecule has 0 saturated carbocycles. The second-order valence-corrected chi connectivity index (χ2v) is 9.79. The van der Waals surface area contributed by atoms with Gasteiger partial charge in [0.1, 0.15) is 5.75 Å². The van der Waals surface area contributed by atoms with Crippen LogP contribution >= 0.6 is 0 Å². The van der Waals surface area contributed by atoms with Crippen LogP contribution in [0.2, 0.25) is 0 Å². The molecular formula is C21H32N4O6S. The minimum absolute atomic E-state index is 0.153. The first-order valence-electron chi connectivity index (χ1n) is 10.9. The van der Waals surface area contributed by atoms with E-state index < -0.39 is 22.2 Å². The standard InChI is InChI=1S/C21H32N4O6S/c1-3-31-21(27)23-10-12-24(13-11-23)32(28,29)25-9-5-7-18(16-25)20(26)22-15-17-6-4-8-19(14-17)30-2/h4,6,8,14,18H,3,5,7,9-13,15-16H2,1-2H3,(H,22,26)/t18-/m1/s1. The third kappa shape index (κ3) is 5.90. The summed E-state index contributed by atoms with van der Waals surface area (Å²) in [6, 6.07) is 7.45. The van der Waals surface area contributed by atoms with Gasteiger partial charge in [-0.2, -0.15) is 17.0 Å². The summed E-state index contributed by atoms with van der Waals surface area (Å²) in [6.07, 6.45) is 0.849. The highest BCUT2D eigenvalue weighted by Gasteiger charge is 2.37. The summed E-state index contributed by atoms with van der Waals surface area (Å²) in [5, 5.41) is 2.91. The highest BCUT2D eigenvalue weighted by molar-refractivity contribution is 7.86. The molecule has 1 aromatic carbocycles. The first-order chi connectivity index (χ1) is 15.3. The van der Waals surface area contributed by atoms with Gasteiger partial charge in [0.2, 0.25) is 5.91 Å². The number of hydrogen-bond donors (Lipinski definition) is 1. The third-order valence-electron chi connectivity index (χ3n) is 5.77. The molecule has 178 valence electrons. The number of ether oxygens (including phenoxy) is 2. The van der Waals surface area contributed by atoms with Gasteiger partial charge in [0.05, 0.1) is 19.6 Å². The monoisotopic (exact) mass is 468 g/mol. The Bertz CT molecular complexity index is 901. The van der Waals surface area contributed by atoms with Crippen LogP contribution in [0.5, 0.6) is 5.75 Å². The maximum absolute atomic E-state index is 13.1. The summed E-state index contributed by atoms with van der Waals surface area (Å²) in [7, 11) is -2.11. The van der Waals surface area contributed by atoms with E-state index in [1.165, 1.54) is 13.5 Å². The van der Waals surface area contributed by atoms with Crippen LogP contribution in [0.25, 0.3) is 0 Å². The zero-order valence-corrected chi connectivity index (χ0v) is 19.5. The van der Waals surface area contributed by atoms with Gasteiger partial charge < -0.3 is 19.7 Å². The average molecular weight is 469 g/mol. The van der Waals surface area contributed by atoms with Gasteiger partial charge in [0.15, 0.2) is 0 Å². The van der Waals surface area contributed by atoms with Crippen LogP contribution in [0.3, 0.4) is 0 Å². The molecule has 3 rings (SSSR count). The van der Waals surface area contributed by atoms with Gasteiger partial charge in [0.25, 0.3) is 10.2 Å². The molecule has 32 heavy (non-hydrogen) atoms. The van der Waals surface area contributed by atoms with Crippen molar-refractivity contribution in [2.45, 2.75) is 26.3 Å². The van der Waals surface area contributed by atoms with Crippen LogP contribution < -0.4 is 10.1 Å². The molecule has 2 amide bonds. The van der Waals surface area contributed by atoms with E-state index in [0.29, 0.717) is 25.9 Å². The van der Waals surface area contributed by atoms with E-state index in [0.717, 1.165) is 11.3 Å². The number of hydrogen-bond acceptors (Lipinski definition) is 6. The minimum atomic E-state index is -3.70. The number of carbonyl (C=O) groups excluding carboxylic acids is 2. The van der Waals surface area contributed by atoms with Crippen molar-refractivity contribution in [3.05, 3.63) is 29.8 Å². The van der Waals surface area contributed by atoms with Crippen molar-refractivity contribution in [3.8, 4) is 5.75 Å². The lowest BCUT2D eigenvalue weighted by Crippen LogP contribution is -2.56. The quantitative estimate of drug-likeness (QED) is 0.641. The van der Waals surface area contributed by atoms with E-state index in [-0.39, 0.29) is 45.2 Å². The highest BCUT2D eigenvalue weighted by atomic mass is 32.2. The number of piperidine rings is 1. The van der Waals surface area contributed by atoms with Crippen LogP contribution in [-0.2, 0) is 26.3 Å². The molecule has 10 nitrogen and oxygen atoms in total. The van der Waals surface area contributed by atoms with Gasteiger partial charge in [-0.25, -0.2) is 4.79 Å². The Kier molecular flexibility index (Phi) is 8.32. The summed E-state index contributed by atoms with van der Waals surface area (Å²) in [5.74, 6) is 0.166. The van der Waals surface area contributed by atoms with Crippen LogP contribution in [0.1, 0.15) is 25.3 Å². The molecule has 1 aromatic rings. The molecule has 0 radical (unpaired) electrons. The molecule has 0 unspecified atom stereocenters. The summed E-state index contributed by atoms with van der Waals surface area (Å²) in [6.45, 7) is 3.92. The Labute approximate surface area is 189 Å². The van der Waals surface area contributed by atoms with Crippen molar-refractivity contribution in [1.82, 2.24) is 18.8 Å². The minimum Gasteiger partial charge on any atom is -0.497 e. The maximum Gasteiger partial charge on any atom is 0.409 e. The lowest BCUT2D eigenvalue weighted by molar-refractivity contribution is -0.126. The summed E-state index contributed by atoms with van der Waals surface area (Å²) < 4.78 is 39.2. The molecule has 0 spiro atoms. The lowest BCUT2D eigenvalue weighted by Gasteiger charge is -2.38. The predicted molar refractivity (Wildman–Crippen MR) is 118 cm³/mol. The smallest absolute Gasteiger partial charge is 0.409 e. The first kappa shape index (κ1) is 24.3. The summed E-state index contributed by atoms with van der Waals surface area (Å²) in [4.78, 5) is 26.1. The Balaban J connectivity index is 1.54. The van der Waals surface area contributed by atoms with Gasteiger partial charge in [-0.3, -0.25) is 4.79 Å². The fourth-order valence-corrected chi connectivity index (χ4v) is 5.64. The Morgan fingerprint density at radius 1 is 1.12 bits per heavy atom. The van der Waals surface area contributed by atoms with Crippen molar-refractivity contribution < 1.29 is 27.5 Å². The summed E-state index contributed by atoms with van der Waals surface area (Å²) in [5.41, 5.74) is 0.914. The molecule has 11 heteroatoms. The molecule has 1 atom stereocenters. The molecule has 1 N–H and O–H groups in total. The summed E-state index contributed by atoms with van der Waals surface area (Å²) >= 11 is 0. The SMILES string of the molecule is CCOC(=O)N1CCN(S(=O)(=O)N2CCC[C@@H](C(=O)NCc3cccc(OC)c3)C2)CC1. The fraction of sp³-hybridized carbons (Fsp3) is 0.619. The number of piperazine rings is 1. The van der Waals surface area contributed by atoms with Crippen molar-refractivity contribution in [1.29, 1.82) is 0 Å². The maximum atomic E-state index is 13.1. The second kappa shape index (κ2) is 11.0. The first-order valence-corrected chi connectivity index (χ1v) is 12.3. The van der Waals surface area contributed by atoms with Crippen molar-refractivity contribution in [2.75, 3.05) is 53.0 Å². The topological polar surface area (TPSA) is 108 Å². The highest BCUT2D eigenvalue weighted by Crippen LogP contribution is 2.23. The number of nitrogens with one attached hydrogen (secondary N) is 1. The zero-order chi connectivity index (χ0) is 23.1. The Morgan fingerprint density at radius 2 is 1.88 bits per heavy atom. The Morgan fingerprint density at radius 3 is 2.56 bits per heavy atom. The van der Waals surface area contributed by atoms with E-state index in [9.17, 15) is 18.0 Å². The van der Waals surface area contributed by atoms with Gasteiger partial charge >= 0.3 is 6.09 Å². The van der Waals surface area contributed by atoms with Gasteiger partial charge in [0, 0.05) is 45.8 Å². The number of amides is 2. The van der Waals surface area contributed by atoms with Crippen molar-refractivity contribution >= 4 is 22.2 Å². The molecular weight excluding hydrogens is 436 g/mol. The number of benzene rings is 1. The normalized spacial score (nSPS) is 20.6. The van der Waals surface area contributed by atoms with Crippen LogP contribution in [0, 0.1) is 5.92 Å². The zero-order valence-electron chi connectivity index (χ0n) is 18.7. The Hall–Kier alpha value is -2.37. The van der Waals surface area contributed by atoms with Crippen molar-refractivity contribution in [2.24, 2.45) is 5.92 Å². The number of methoxy groups -OCH3 is 1. The van der Waals surface area contributed by atoms with Crippen molar-refractivity contribution in [3.63, 3.8) is 0 Å².